The monoisotopic (exact) mass is 502 g/mol. The van der Waals surface area contributed by atoms with Gasteiger partial charge >= 0.3 is 6.03 Å². The molecule has 3 amide bonds. The zero-order valence-electron chi connectivity index (χ0n) is 20.7. The second-order valence-electron chi connectivity index (χ2n) is 9.24. The fourth-order valence-corrected chi connectivity index (χ4v) is 5.60. The summed E-state index contributed by atoms with van der Waals surface area (Å²) in [5.41, 5.74) is 3.65. The molecule has 0 spiro atoms. The summed E-state index contributed by atoms with van der Waals surface area (Å²) in [6.07, 6.45) is 0. The van der Waals surface area contributed by atoms with Crippen molar-refractivity contribution in [2.24, 2.45) is 0 Å². The number of carbonyl (C=O) groups excluding carboxylic acids is 2. The number of carbonyl (C=O) groups is 2. The van der Waals surface area contributed by atoms with E-state index in [9.17, 15) is 9.59 Å². The van der Waals surface area contributed by atoms with Gasteiger partial charge in [-0.3, -0.25) is 4.79 Å². The van der Waals surface area contributed by atoms with E-state index in [4.69, 9.17) is 4.74 Å². The van der Waals surface area contributed by atoms with Gasteiger partial charge in [-0.2, -0.15) is 0 Å². The summed E-state index contributed by atoms with van der Waals surface area (Å²) in [6.45, 7) is 6.04. The van der Waals surface area contributed by atoms with E-state index in [1.165, 1.54) is 0 Å². The summed E-state index contributed by atoms with van der Waals surface area (Å²) in [7, 11) is 1.66. The number of thiophene rings is 1. The number of urea groups is 1. The van der Waals surface area contributed by atoms with Crippen molar-refractivity contribution < 1.29 is 14.3 Å². The molecule has 8 heteroatoms. The van der Waals surface area contributed by atoms with Crippen LogP contribution >= 0.6 is 11.3 Å². The number of anilines is 1. The maximum Gasteiger partial charge on any atom is 0.322 e. The van der Waals surface area contributed by atoms with Gasteiger partial charge in [-0.25, -0.2) is 4.79 Å². The van der Waals surface area contributed by atoms with Crippen LogP contribution in [0.25, 0.3) is 10.2 Å². The van der Waals surface area contributed by atoms with Crippen molar-refractivity contribution in [3.63, 3.8) is 0 Å². The normalized spacial score (nSPS) is 15.8. The second kappa shape index (κ2) is 10.1. The first kappa shape index (κ1) is 23.9. The Bertz CT molecular complexity index is 1390. The number of amides is 3. The Hall–Kier alpha value is -3.78. The highest BCUT2D eigenvalue weighted by atomic mass is 32.1. The number of methoxy groups -OCH3 is 1. The molecule has 0 bridgehead atoms. The molecule has 36 heavy (non-hydrogen) atoms. The lowest BCUT2D eigenvalue weighted by Gasteiger charge is -2.39. The molecule has 1 fully saturated rings. The van der Waals surface area contributed by atoms with Gasteiger partial charge in [0, 0.05) is 43.3 Å². The summed E-state index contributed by atoms with van der Waals surface area (Å²) in [4.78, 5) is 31.4. The molecule has 5 rings (SSSR count). The average molecular weight is 503 g/mol. The van der Waals surface area contributed by atoms with Crippen molar-refractivity contribution >= 4 is 39.2 Å². The van der Waals surface area contributed by atoms with Crippen molar-refractivity contribution in [2.45, 2.75) is 26.4 Å². The van der Waals surface area contributed by atoms with Gasteiger partial charge < -0.3 is 24.4 Å². The standard InChI is InChI=1S/C28H30N4O3S/c1-19-7-9-23(10-8-19)29-28(34)31-13-12-30(17-20(31)2)26(33)25-16-22-11-14-36-27(22)32(25)18-21-5-4-6-24(15-21)35-3/h4-11,14-16,20H,12-13,17-18H2,1-3H3,(H,29,34)/t20-/m0/s1. The van der Waals surface area contributed by atoms with Crippen molar-refractivity contribution in [1.29, 1.82) is 0 Å². The molecule has 7 nitrogen and oxygen atoms in total. The summed E-state index contributed by atoms with van der Waals surface area (Å²) < 4.78 is 7.48. The lowest BCUT2D eigenvalue weighted by Crippen LogP contribution is -2.56. The first-order chi connectivity index (χ1) is 17.4. The third kappa shape index (κ3) is 4.81. The Morgan fingerprint density at radius 3 is 2.64 bits per heavy atom. The van der Waals surface area contributed by atoms with E-state index in [1.807, 2.05) is 73.3 Å². The minimum absolute atomic E-state index is 0.00765. The van der Waals surface area contributed by atoms with E-state index in [-0.39, 0.29) is 18.0 Å². The van der Waals surface area contributed by atoms with Crippen LogP contribution in [0.4, 0.5) is 10.5 Å². The van der Waals surface area contributed by atoms with E-state index < -0.39 is 0 Å². The van der Waals surface area contributed by atoms with Crippen molar-refractivity contribution in [3.05, 3.63) is 82.9 Å². The molecule has 4 aromatic rings. The summed E-state index contributed by atoms with van der Waals surface area (Å²) in [5.74, 6) is 0.788. The number of aryl methyl sites for hydroxylation is 1. The Morgan fingerprint density at radius 1 is 1.08 bits per heavy atom. The number of piperazine rings is 1. The van der Waals surface area contributed by atoms with Gasteiger partial charge in [-0.15, -0.1) is 11.3 Å². The lowest BCUT2D eigenvalue weighted by molar-refractivity contribution is 0.0583. The van der Waals surface area contributed by atoms with E-state index in [1.54, 1.807) is 23.3 Å². The third-order valence-electron chi connectivity index (χ3n) is 6.67. The van der Waals surface area contributed by atoms with Gasteiger partial charge in [-0.05, 0) is 61.2 Å². The maximum atomic E-state index is 13.7. The quantitative estimate of drug-likeness (QED) is 0.395. The number of rotatable bonds is 5. The number of fused-ring (bicyclic) bond motifs is 1. The predicted octanol–water partition coefficient (Wildman–Crippen LogP) is 5.45. The Kier molecular flexibility index (Phi) is 6.69. The molecule has 3 heterocycles. The third-order valence-corrected chi connectivity index (χ3v) is 7.63. The Morgan fingerprint density at radius 2 is 1.89 bits per heavy atom. The second-order valence-corrected chi connectivity index (χ2v) is 10.1. The van der Waals surface area contributed by atoms with Gasteiger partial charge in [0.2, 0.25) is 0 Å². The number of benzene rings is 2. The molecule has 0 radical (unpaired) electrons. The fourth-order valence-electron chi connectivity index (χ4n) is 4.70. The number of nitrogens with one attached hydrogen (secondary N) is 1. The minimum atomic E-state index is -0.139. The Balaban J connectivity index is 1.32. The zero-order valence-corrected chi connectivity index (χ0v) is 21.5. The number of ether oxygens (including phenoxy) is 1. The van der Waals surface area contributed by atoms with Crippen molar-refractivity contribution in [1.82, 2.24) is 14.4 Å². The SMILES string of the molecule is COc1cccc(Cn2c(C(=O)N3CCN(C(=O)Nc4ccc(C)cc4)[C@@H](C)C3)cc3ccsc32)c1. The van der Waals surface area contributed by atoms with E-state index in [0.717, 1.165) is 32.8 Å². The summed E-state index contributed by atoms with van der Waals surface area (Å²) in [5, 5.41) is 6.09. The van der Waals surface area contributed by atoms with E-state index in [0.29, 0.717) is 31.9 Å². The van der Waals surface area contributed by atoms with Crippen LogP contribution in [-0.2, 0) is 6.54 Å². The smallest absolute Gasteiger partial charge is 0.322 e. The highest BCUT2D eigenvalue weighted by molar-refractivity contribution is 7.16. The van der Waals surface area contributed by atoms with Crippen LogP contribution in [0.1, 0.15) is 28.5 Å². The van der Waals surface area contributed by atoms with Crippen LogP contribution in [0.3, 0.4) is 0 Å². The van der Waals surface area contributed by atoms with Crippen LogP contribution < -0.4 is 10.1 Å². The largest absolute Gasteiger partial charge is 0.497 e. The number of hydrogen-bond donors (Lipinski definition) is 1. The number of hydrogen-bond acceptors (Lipinski definition) is 4. The zero-order chi connectivity index (χ0) is 25.2. The molecule has 2 aromatic carbocycles. The van der Waals surface area contributed by atoms with Gasteiger partial charge in [0.1, 0.15) is 16.3 Å². The first-order valence-corrected chi connectivity index (χ1v) is 12.9. The average Bonchev–Trinajstić information content (AvgIpc) is 3.47. The lowest BCUT2D eigenvalue weighted by atomic mass is 10.1. The van der Waals surface area contributed by atoms with Gasteiger partial charge in [-0.1, -0.05) is 29.8 Å². The highest BCUT2D eigenvalue weighted by Gasteiger charge is 2.32. The molecule has 1 saturated heterocycles. The predicted molar refractivity (Wildman–Crippen MR) is 144 cm³/mol. The Labute approximate surface area is 214 Å². The van der Waals surface area contributed by atoms with E-state index >= 15 is 0 Å². The molecule has 186 valence electrons. The van der Waals surface area contributed by atoms with Crippen molar-refractivity contribution in [2.75, 3.05) is 32.1 Å². The first-order valence-electron chi connectivity index (χ1n) is 12.1. The molecule has 0 saturated carbocycles. The minimum Gasteiger partial charge on any atom is -0.497 e. The molecular weight excluding hydrogens is 472 g/mol. The van der Waals surface area contributed by atoms with Crippen LogP contribution in [-0.4, -0.2) is 59.1 Å². The molecule has 0 unspecified atom stereocenters. The molecular formula is C28H30N4O3S. The molecule has 0 aliphatic carbocycles. The van der Waals surface area contributed by atoms with Gasteiger partial charge in [0.05, 0.1) is 7.11 Å². The van der Waals surface area contributed by atoms with Gasteiger partial charge in [0.25, 0.3) is 5.91 Å². The topological polar surface area (TPSA) is 66.8 Å². The van der Waals surface area contributed by atoms with Crippen LogP contribution in [0, 0.1) is 6.92 Å². The number of aromatic nitrogens is 1. The molecule has 1 aliphatic rings. The van der Waals surface area contributed by atoms with Crippen LogP contribution in [0.15, 0.2) is 66.0 Å². The highest BCUT2D eigenvalue weighted by Crippen LogP contribution is 2.28. The van der Waals surface area contributed by atoms with Crippen molar-refractivity contribution in [3.8, 4) is 5.75 Å². The van der Waals surface area contributed by atoms with Crippen LogP contribution in [0.2, 0.25) is 0 Å². The maximum absolute atomic E-state index is 13.7. The fraction of sp³-hybridized carbons (Fsp3) is 0.286. The molecule has 2 aromatic heterocycles. The molecule has 1 aliphatic heterocycles. The van der Waals surface area contributed by atoms with Crippen LogP contribution in [0.5, 0.6) is 5.75 Å². The summed E-state index contributed by atoms with van der Waals surface area (Å²) >= 11 is 1.63. The van der Waals surface area contributed by atoms with E-state index in [2.05, 4.69) is 21.3 Å². The van der Waals surface area contributed by atoms with Gasteiger partial charge in [0.15, 0.2) is 0 Å². The summed E-state index contributed by atoms with van der Waals surface area (Å²) in [6, 6.07) is 19.5. The number of nitrogens with zero attached hydrogens (tertiary/aromatic N) is 3. The molecule has 1 atom stereocenters. The molecule has 1 N–H and O–H groups in total.